The van der Waals surface area contributed by atoms with Crippen molar-refractivity contribution in [3.05, 3.63) is 70.8 Å². The topological polar surface area (TPSA) is 104 Å². The van der Waals surface area contributed by atoms with E-state index in [0.29, 0.717) is 11.3 Å². The maximum atomic E-state index is 13.2. The van der Waals surface area contributed by atoms with Crippen molar-refractivity contribution < 1.29 is 27.8 Å². The second-order valence-corrected chi connectivity index (χ2v) is 6.77. The second kappa shape index (κ2) is 9.79. The zero-order valence-corrected chi connectivity index (χ0v) is 16.4. The van der Waals surface area contributed by atoms with Crippen LogP contribution >= 0.6 is 11.5 Å². The highest BCUT2D eigenvalue weighted by Crippen LogP contribution is 2.31. The van der Waals surface area contributed by atoms with Crippen LogP contribution in [-0.2, 0) is 20.0 Å². The van der Waals surface area contributed by atoms with Crippen LogP contribution in [0.5, 0.6) is 11.6 Å². The van der Waals surface area contributed by atoms with Crippen LogP contribution in [0.15, 0.2) is 48.5 Å². The van der Waals surface area contributed by atoms with E-state index in [4.69, 9.17) is 15.2 Å². The van der Waals surface area contributed by atoms with Crippen LogP contribution in [-0.4, -0.2) is 16.4 Å². The lowest BCUT2D eigenvalue weighted by molar-refractivity contribution is 0.0996. The summed E-state index contributed by atoms with van der Waals surface area (Å²) in [6.45, 7) is -1.83. The molecule has 10 heteroatoms. The molecular formula is C20H17F2N3O4S. The van der Waals surface area contributed by atoms with Gasteiger partial charge in [0.05, 0.1) is 0 Å². The number of ether oxygens (including phenoxy) is 2. The number of hydrogen-bond acceptors (Lipinski definition) is 6. The highest BCUT2D eigenvalue weighted by Gasteiger charge is 2.23. The molecule has 2 aromatic carbocycles. The van der Waals surface area contributed by atoms with E-state index in [0.717, 1.165) is 11.5 Å². The Bertz CT molecular complexity index is 1020. The van der Waals surface area contributed by atoms with Gasteiger partial charge in [0.15, 0.2) is 0 Å². The van der Waals surface area contributed by atoms with E-state index in [-0.39, 0.29) is 34.2 Å². The first-order valence-corrected chi connectivity index (χ1v) is 9.48. The molecule has 0 radical (unpaired) electrons. The lowest BCUT2D eigenvalue weighted by Gasteiger charge is -2.12. The molecule has 0 atom stereocenters. The fourth-order valence-electron chi connectivity index (χ4n) is 2.65. The average Bonchev–Trinajstić information content (AvgIpc) is 3.14. The minimum atomic E-state index is -0.891. The summed E-state index contributed by atoms with van der Waals surface area (Å²) in [4.78, 5) is 24.0. The monoisotopic (exact) mass is 433 g/mol. The Balaban J connectivity index is 1.77. The van der Waals surface area contributed by atoms with Gasteiger partial charge in [0, 0.05) is 5.56 Å². The average molecular weight is 433 g/mol. The van der Waals surface area contributed by atoms with Gasteiger partial charge in [-0.2, -0.15) is 4.37 Å². The summed E-state index contributed by atoms with van der Waals surface area (Å²) in [5.41, 5.74) is 6.10. The van der Waals surface area contributed by atoms with Gasteiger partial charge >= 0.3 is 6.09 Å². The van der Waals surface area contributed by atoms with E-state index in [1.165, 1.54) is 12.1 Å². The Morgan fingerprint density at radius 3 is 2.30 bits per heavy atom. The Hall–Kier alpha value is -3.53. The van der Waals surface area contributed by atoms with Crippen molar-refractivity contribution in [2.45, 2.75) is 20.0 Å². The third-order valence-corrected chi connectivity index (χ3v) is 4.83. The SMILES string of the molecule is NC(=O)c1c(OCc2c(CF)cccc2CF)nsc1NC(=O)Oc1ccccc1. The molecule has 7 nitrogen and oxygen atoms in total. The number of primary amides is 1. The number of alkyl halides is 2. The van der Waals surface area contributed by atoms with Crippen molar-refractivity contribution in [3.8, 4) is 11.6 Å². The summed E-state index contributed by atoms with van der Waals surface area (Å²) in [7, 11) is 0. The molecule has 3 N–H and O–H groups in total. The van der Waals surface area contributed by atoms with Crippen molar-refractivity contribution in [1.29, 1.82) is 0 Å². The lowest BCUT2D eigenvalue weighted by atomic mass is 10.0. The van der Waals surface area contributed by atoms with Gasteiger partial charge in [0.2, 0.25) is 5.88 Å². The largest absolute Gasteiger partial charge is 0.472 e. The Labute approximate surface area is 174 Å². The van der Waals surface area contributed by atoms with Crippen LogP contribution in [0.3, 0.4) is 0 Å². The third-order valence-electron chi connectivity index (χ3n) is 4.09. The van der Waals surface area contributed by atoms with Crippen molar-refractivity contribution in [1.82, 2.24) is 4.37 Å². The van der Waals surface area contributed by atoms with Gasteiger partial charge in [-0.3, -0.25) is 10.1 Å². The fraction of sp³-hybridized carbons (Fsp3) is 0.150. The number of carbonyl (C=O) groups is 2. The molecule has 0 saturated carbocycles. The van der Waals surface area contributed by atoms with Crippen molar-refractivity contribution in [3.63, 3.8) is 0 Å². The lowest BCUT2D eigenvalue weighted by Crippen LogP contribution is -2.20. The number of para-hydroxylation sites is 1. The van der Waals surface area contributed by atoms with Crippen LogP contribution in [0.1, 0.15) is 27.0 Å². The summed E-state index contributed by atoms with van der Waals surface area (Å²) in [6, 6.07) is 12.9. The minimum absolute atomic E-state index is 0.0305. The standard InChI is InChI=1S/C20H17F2N3O4S/c21-9-12-5-4-6-13(10-22)15(12)11-28-18-16(17(23)26)19(30-25-18)24-20(27)29-14-7-2-1-3-8-14/h1-8H,9-11H2,(H2,23,26)(H,24,27). The predicted octanol–water partition coefficient (Wildman–Crippen LogP) is 4.37. The summed E-state index contributed by atoms with van der Waals surface area (Å²) in [5, 5.41) is 2.43. The molecule has 0 saturated heterocycles. The molecule has 0 spiro atoms. The Morgan fingerprint density at radius 2 is 1.70 bits per heavy atom. The number of anilines is 1. The fourth-order valence-corrected chi connectivity index (χ4v) is 3.38. The minimum Gasteiger partial charge on any atom is -0.472 e. The van der Waals surface area contributed by atoms with E-state index < -0.39 is 25.3 Å². The number of carbonyl (C=O) groups excluding carboxylic acids is 2. The maximum Gasteiger partial charge on any atom is 0.417 e. The molecule has 0 bridgehead atoms. The summed E-state index contributed by atoms with van der Waals surface area (Å²) >= 11 is 0.763. The van der Waals surface area contributed by atoms with Gasteiger partial charge in [0.25, 0.3) is 5.91 Å². The summed E-state index contributed by atoms with van der Waals surface area (Å²) < 4.78 is 41.1. The van der Waals surface area contributed by atoms with Crippen molar-refractivity contribution >= 4 is 28.5 Å². The van der Waals surface area contributed by atoms with Crippen LogP contribution in [0, 0.1) is 0 Å². The summed E-state index contributed by atoms with van der Waals surface area (Å²) in [6.07, 6.45) is -0.846. The van der Waals surface area contributed by atoms with Gasteiger partial charge in [-0.25, -0.2) is 13.6 Å². The first-order valence-electron chi connectivity index (χ1n) is 8.71. The number of nitrogens with two attached hydrogens (primary N) is 1. The van der Waals surface area contributed by atoms with E-state index in [1.807, 2.05) is 0 Å². The molecule has 1 aromatic heterocycles. The van der Waals surface area contributed by atoms with Gasteiger partial charge < -0.3 is 15.2 Å². The second-order valence-electron chi connectivity index (χ2n) is 5.99. The zero-order chi connectivity index (χ0) is 21.5. The first-order chi connectivity index (χ1) is 14.5. The van der Waals surface area contributed by atoms with E-state index >= 15 is 0 Å². The van der Waals surface area contributed by atoms with Crippen LogP contribution < -0.4 is 20.5 Å². The molecule has 3 aromatic rings. The molecule has 0 unspecified atom stereocenters. The normalized spacial score (nSPS) is 10.5. The van der Waals surface area contributed by atoms with Gasteiger partial charge in [0.1, 0.15) is 36.3 Å². The first kappa shape index (κ1) is 21.2. The number of rotatable bonds is 8. The number of aromatic nitrogens is 1. The molecule has 3 rings (SSSR count). The van der Waals surface area contributed by atoms with E-state index in [9.17, 15) is 18.4 Å². The summed E-state index contributed by atoms with van der Waals surface area (Å²) in [5.74, 6) is -0.738. The highest BCUT2D eigenvalue weighted by molar-refractivity contribution is 7.11. The third kappa shape index (κ3) is 4.90. The van der Waals surface area contributed by atoms with Crippen molar-refractivity contribution in [2.24, 2.45) is 5.73 Å². The maximum absolute atomic E-state index is 13.2. The van der Waals surface area contributed by atoms with Gasteiger partial charge in [-0.1, -0.05) is 36.4 Å². The van der Waals surface area contributed by atoms with Crippen LogP contribution in [0.4, 0.5) is 18.6 Å². The zero-order valence-electron chi connectivity index (χ0n) is 15.6. The smallest absolute Gasteiger partial charge is 0.417 e. The van der Waals surface area contributed by atoms with Crippen LogP contribution in [0.25, 0.3) is 0 Å². The number of nitrogens with one attached hydrogen (secondary N) is 1. The molecule has 2 amide bonds. The quantitative estimate of drug-likeness (QED) is 0.549. The van der Waals surface area contributed by atoms with Crippen molar-refractivity contribution in [2.75, 3.05) is 5.32 Å². The number of halogens is 2. The molecule has 1 heterocycles. The molecule has 156 valence electrons. The van der Waals surface area contributed by atoms with E-state index in [2.05, 4.69) is 9.69 Å². The molecule has 0 aliphatic carbocycles. The van der Waals surface area contributed by atoms with Gasteiger partial charge in [-0.15, -0.1) is 0 Å². The Morgan fingerprint density at radius 1 is 1.03 bits per heavy atom. The number of nitrogens with zero attached hydrogens (tertiary/aromatic N) is 1. The Kier molecular flexibility index (Phi) is 6.91. The number of benzene rings is 2. The highest BCUT2D eigenvalue weighted by atomic mass is 32.1. The molecule has 30 heavy (non-hydrogen) atoms. The number of amides is 2. The number of hydrogen-bond donors (Lipinski definition) is 2. The molecule has 0 aliphatic rings. The molecule has 0 aliphatic heterocycles. The van der Waals surface area contributed by atoms with Crippen LogP contribution in [0.2, 0.25) is 0 Å². The van der Waals surface area contributed by atoms with Gasteiger partial charge in [-0.05, 0) is 34.8 Å². The predicted molar refractivity (Wildman–Crippen MR) is 107 cm³/mol. The molecule has 0 fully saturated rings. The van der Waals surface area contributed by atoms with E-state index in [1.54, 1.807) is 36.4 Å². The molecular weight excluding hydrogens is 416 g/mol.